The van der Waals surface area contributed by atoms with Crippen molar-refractivity contribution in [3.8, 4) is 22.7 Å². The molecule has 0 N–H and O–H groups in total. The zero-order chi connectivity index (χ0) is 20.4. The smallest absolute Gasteiger partial charge is 0.272 e. The zero-order valence-corrected chi connectivity index (χ0v) is 16.6. The number of hydrogen-bond acceptors (Lipinski definition) is 3. The molecule has 0 bridgehead atoms. The Morgan fingerprint density at radius 1 is 1.07 bits per heavy atom. The van der Waals surface area contributed by atoms with E-state index in [-0.39, 0.29) is 11.7 Å². The summed E-state index contributed by atoms with van der Waals surface area (Å²) in [5, 5.41) is 4.67. The van der Waals surface area contributed by atoms with Crippen molar-refractivity contribution < 1.29 is 13.9 Å². The van der Waals surface area contributed by atoms with Crippen LogP contribution < -0.4 is 4.74 Å². The molecule has 1 amide bonds. The van der Waals surface area contributed by atoms with E-state index in [4.69, 9.17) is 4.74 Å². The summed E-state index contributed by atoms with van der Waals surface area (Å²) >= 11 is 0. The van der Waals surface area contributed by atoms with Crippen LogP contribution in [0, 0.1) is 11.7 Å². The van der Waals surface area contributed by atoms with E-state index < -0.39 is 0 Å². The quantitative estimate of drug-likeness (QED) is 0.653. The molecule has 4 rings (SSSR count). The van der Waals surface area contributed by atoms with Gasteiger partial charge >= 0.3 is 0 Å². The van der Waals surface area contributed by atoms with E-state index in [9.17, 15) is 9.18 Å². The molecule has 29 heavy (non-hydrogen) atoms. The largest absolute Gasteiger partial charge is 0.497 e. The second-order valence-electron chi connectivity index (χ2n) is 7.51. The van der Waals surface area contributed by atoms with Crippen LogP contribution >= 0.6 is 0 Å². The Hall–Kier alpha value is -3.15. The van der Waals surface area contributed by atoms with Crippen LogP contribution in [-0.4, -0.2) is 40.8 Å². The summed E-state index contributed by atoms with van der Waals surface area (Å²) in [5.41, 5.74) is 2.67. The van der Waals surface area contributed by atoms with Crippen molar-refractivity contribution in [3.05, 3.63) is 66.1 Å². The fraction of sp³-hybridized carbons (Fsp3) is 0.304. The Bertz CT molecular complexity index is 988. The molecule has 1 aliphatic rings. The van der Waals surface area contributed by atoms with Gasteiger partial charge in [-0.25, -0.2) is 9.07 Å². The molecule has 150 valence electrons. The average Bonchev–Trinajstić information content (AvgIpc) is 3.20. The van der Waals surface area contributed by atoms with Crippen LogP contribution in [-0.2, 0) is 0 Å². The molecule has 5 nitrogen and oxygen atoms in total. The molecule has 1 aromatic heterocycles. The van der Waals surface area contributed by atoms with E-state index in [0.29, 0.717) is 17.3 Å². The molecule has 1 aliphatic heterocycles. The number of carbonyl (C=O) groups is 1. The van der Waals surface area contributed by atoms with Crippen molar-refractivity contribution in [1.29, 1.82) is 0 Å². The molecule has 1 saturated heterocycles. The summed E-state index contributed by atoms with van der Waals surface area (Å²) in [5.74, 6) is 1.04. The summed E-state index contributed by atoms with van der Waals surface area (Å²) in [6.07, 6.45) is 2.01. The normalized spacial score (nSPS) is 14.8. The van der Waals surface area contributed by atoms with Crippen LogP contribution in [0.25, 0.3) is 16.9 Å². The fourth-order valence-corrected chi connectivity index (χ4v) is 3.59. The molecule has 2 heterocycles. The fourth-order valence-electron chi connectivity index (χ4n) is 3.59. The van der Waals surface area contributed by atoms with Gasteiger partial charge in [-0.3, -0.25) is 4.79 Å². The van der Waals surface area contributed by atoms with Crippen molar-refractivity contribution in [3.63, 3.8) is 0 Å². The first-order valence-electron chi connectivity index (χ1n) is 9.85. The number of likely N-dealkylation sites (tertiary alicyclic amines) is 1. The van der Waals surface area contributed by atoms with Crippen molar-refractivity contribution in [2.24, 2.45) is 5.92 Å². The first-order chi connectivity index (χ1) is 14.0. The molecular weight excluding hydrogens is 369 g/mol. The molecular formula is C23H24FN3O2. The monoisotopic (exact) mass is 393 g/mol. The predicted molar refractivity (Wildman–Crippen MR) is 110 cm³/mol. The lowest BCUT2D eigenvalue weighted by Crippen LogP contribution is -2.38. The van der Waals surface area contributed by atoms with Gasteiger partial charge in [-0.05, 0) is 73.4 Å². The van der Waals surface area contributed by atoms with Gasteiger partial charge in [-0.2, -0.15) is 5.10 Å². The Balaban J connectivity index is 1.74. The van der Waals surface area contributed by atoms with Gasteiger partial charge in [0.1, 0.15) is 17.3 Å². The van der Waals surface area contributed by atoms with Gasteiger partial charge in [-0.15, -0.1) is 0 Å². The molecule has 3 aromatic rings. The minimum absolute atomic E-state index is 0.0337. The highest BCUT2D eigenvalue weighted by molar-refractivity contribution is 5.94. The Labute approximate surface area is 169 Å². The third-order valence-electron chi connectivity index (χ3n) is 5.46. The number of ether oxygens (including phenoxy) is 1. The molecule has 0 aliphatic carbocycles. The first-order valence-corrected chi connectivity index (χ1v) is 9.85. The molecule has 0 spiro atoms. The Kier molecular flexibility index (Phi) is 5.34. The number of halogens is 1. The highest BCUT2D eigenvalue weighted by atomic mass is 19.1. The number of piperidine rings is 1. The summed E-state index contributed by atoms with van der Waals surface area (Å²) < 4.78 is 20.2. The Morgan fingerprint density at radius 3 is 2.34 bits per heavy atom. The maximum Gasteiger partial charge on any atom is 0.272 e. The number of amides is 1. The van der Waals surface area contributed by atoms with Crippen LogP contribution in [0.4, 0.5) is 4.39 Å². The number of methoxy groups -OCH3 is 1. The van der Waals surface area contributed by atoms with Gasteiger partial charge in [0.2, 0.25) is 0 Å². The molecule has 6 heteroatoms. The van der Waals surface area contributed by atoms with E-state index in [1.165, 1.54) is 12.1 Å². The summed E-state index contributed by atoms with van der Waals surface area (Å²) in [4.78, 5) is 15.2. The molecule has 0 atom stereocenters. The molecule has 0 radical (unpaired) electrons. The third kappa shape index (κ3) is 4.01. The van der Waals surface area contributed by atoms with Crippen LogP contribution in [0.5, 0.6) is 5.75 Å². The summed E-state index contributed by atoms with van der Waals surface area (Å²) in [7, 11) is 1.61. The molecule has 0 unspecified atom stereocenters. The number of benzene rings is 2. The Morgan fingerprint density at radius 2 is 1.72 bits per heavy atom. The summed E-state index contributed by atoms with van der Waals surface area (Å²) in [6.45, 7) is 3.72. The SMILES string of the molecule is COc1ccc(-n2nc(-c3ccc(F)cc3)cc2C(=O)N2CCC(C)CC2)cc1. The lowest BCUT2D eigenvalue weighted by Gasteiger charge is -2.30. The van der Waals surface area contributed by atoms with Gasteiger partial charge < -0.3 is 9.64 Å². The summed E-state index contributed by atoms with van der Waals surface area (Å²) in [6, 6.07) is 15.4. The lowest BCUT2D eigenvalue weighted by atomic mass is 9.99. The van der Waals surface area contributed by atoms with Crippen molar-refractivity contribution in [2.45, 2.75) is 19.8 Å². The van der Waals surface area contributed by atoms with E-state index in [2.05, 4.69) is 12.0 Å². The second-order valence-corrected chi connectivity index (χ2v) is 7.51. The zero-order valence-electron chi connectivity index (χ0n) is 16.6. The van der Waals surface area contributed by atoms with Crippen molar-refractivity contribution in [2.75, 3.05) is 20.2 Å². The number of rotatable bonds is 4. The number of aromatic nitrogens is 2. The van der Waals surface area contributed by atoms with Crippen molar-refractivity contribution in [1.82, 2.24) is 14.7 Å². The molecule has 1 fully saturated rings. The second kappa shape index (κ2) is 8.07. The average molecular weight is 393 g/mol. The lowest BCUT2D eigenvalue weighted by molar-refractivity contribution is 0.0688. The van der Waals surface area contributed by atoms with Crippen LogP contribution in [0.15, 0.2) is 54.6 Å². The van der Waals surface area contributed by atoms with Gasteiger partial charge in [0.05, 0.1) is 18.5 Å². The van der Waals surface area contributed by atoms with Gasteiger partial charge in [0.25, 0.3) is 5.91 Å². The minimum atomic E-state index is -0.304. The van der Waals surface area contributed by atoms with Crippen LogP contribution in [0.3, 0.4) is 0 Å². The number of hydrogen-bond donors (Lipinski definition) is 0. The number of carbonyl (C=O) groups excluding carboxylic acids is 1. The van der Waals surface area contributed by atoms with Crippen molar-refractivity contribution >= 4 is 5.91 Å². The minimum Gasteiger partial charge on any atom is -0.497 e. The topological polar surface area (TPSA) is 47.4 Å². The standard InChI is InChI=1S/C23H24FN3O2/c1-16-11-13-26(14-12-16)23(28)22-15-21(17-3-5-18(24)6-4-17)25-27(22)19-7-9-20(29-2)10-8-19/h3-10,15-16H,11-14H2,1-2H3. The maximum absolute atomic E-state index is 13.3. The first kappa shape index (κ1) is 19.2. The molecule has 2 aromatic carbocycles. The molecule has 0 saturated carbocycles. The predicted octanol–water partition coefficient (Wildman–Crippen LogP) is 4.56. The van der Waals surface area contributed by atoms with Gasteiger partial charge in [0, 0.05) is 18.7 Å². The van der Waals surface area contributed by atoms with E-state index in [1.54, 1.807) is 30.0 Å². The van der Waals surface area contributed by atoms with Gasteiger partial charge in [-0.1, -0.05) is 6.92 Å². The highest BCUT2D eigenvalue weighted by Gasteiger charge is 2.26. The maximum atomic E-state index is 13.3. The van der Waals surface area contributed by atoms with E-state index in [1.807, 2.05) is 29.2 Å². The number of nitrogens with zero attached hydrogens (tertiary/aromatic N) is 3. The van der Waals surface area contributed by atoms with Gasteiger partial charge in [0.15, 0.2) is 0 Å². The van der Waals surface area contributed by atoms with E-state index in [0.717, 1.165) is 42.9 Å². The highest BCUT2D eigenvalue weighted by Crippen LogP contribution is 2.26. The van der Waals surface area contributed by atoms with E-state index >= 15 is 0 Å². The third-order valence-corrected chi connectivity index (χ3v) is 5.46. The van der Waals surface area contributed by atoms with Crippen LogP contribution in [0.1, 0.15) is 30.3 Å². The van der Waals surface area contributed by atoms with Crippen LogP contribution in [0.2, 0.25) is 0 Å².